The summed E-state index contributed by atoms with van der Waals surface area (Å²) in [6.45, 7) is 5.79. The van der Waals surface area contributed by atoms with Crippen LogP contribution in [0.3, 0.4) is 0 Å². The van der Waals surface area contributed by atoms with E-state index in [1.807, 2.05) is 26.2 Å². The van der Waals surface area contributed by atoms with Crippen molar-refractivity contribution in [1.29, 1.82) is 0 Å². The maximum Gasteiger partial charge on any atom is 0.328 e. The molecule has 4 heterocycles. The minimum absolute atomic E-state index is 0.265. The third-order valence-electron chi connectivity index (χ3n) is 6.28. The van der Waals surface area contributed by atoms with Crippen LogP contribution in [0.5, 0.6) is 0 Å². The number of fused-ring (bicyclic) bond motifs is 1. The van der Waals surface area contributed by atoms with Crippen LogP contribution in [0.2, 0.25) is 0 Å². The molecule has 0 aromatic carbocycles. The van der Waals surface area contributed by atoms with Crippen LogP contribution in [0.4, 0.5) is 5.82 Å². The third kappa shape index (κ3) is 5.20. The van der Waals surface area contributed by atoms with Crippen LogP contribution >= 0.6 is 11.3 Å². The number of likely N-dealkylation sites (N-methyl/N-ethyl adjacent to an activating group) is 1. The number of aliphatic carboxylic acids is 1. The Morgan fingerprint density at radius 1 is 1.32 bits per heavy atom. The molecular formula is C25H31N5O3S. The van der Waals surface area contributed by atoms with E-state index in [1.165, 1.54) is 10.5 Å². The molecule has 0 aliphatic carbocycles. The number of carboxylic acid groups (broad SMARTS) is 1. The predicted octanol–water partition coefficient (Wildman–Crippen LogP) is 3.30. The Kier molecular flexibility index (Phi) is 7.13. The van der Waals surface area contributed by atoms with Crippen LogP contribution < -0.4 is 10.5 Å². The topological polar surface area (TPSA) is 91.0 Å². The highest BCUT2D eigenvalue weighted by Crippen LogP contribution is 2.25. The minimum Gasteiger partial charge on any atom is -0.478 e. The molecule has 3 aromatic heterocycles. The molecule has 34 heavy (non-hydrogen) atoms. The Balaban J connectivity index is 1.67. The monoisotopic (exact) mass is 481 g/mol. The fourth-order valence-corrected chi connectivity index (χ4v) is 5.15. The molecule has 9 heteroatoms. The number of hydrogen-bond donors (Lipinski definition) is 1. The zero-order valence-electron chi connectivity index (χ0n) is 20.1. The summed E-state index contributed by atoms with van der Waals surface area (Å²) < 4.78 is 1.49. The number of carboxylic acids is 1. The first kappa shape index (κ1) is 24.1. The molecule has 4 rings (SSSR count). The molecule has 0 radical (unpaired) electrons. The van der Waals surface area contributed by atoms with Crippen molar-refractivity contribution in [2.45, 2.75) is 45.1 Å². The van der Waals surface area contributed by atoms with Crippen molar-refractivity contribution < 1.29 is 9.90 Å². The van der Waals surface area contributed by atoms with Gasteiger partial charge in [0.2, 0.25) is 0 Å². The van der Waals surface area contributed by atoms with Gasteiger partial charge in [-0.15, -0.1) is 11.3 Å². The summed E-state index contributed by atoms with van der Waals surface area (Å²) in [6, 6.07) is 4.23. The highest BCUT2D eigenvalue weighted by molar-refractivity contribution is 7.09. The molecule has 1 saturated heterocycles. The second-order valence-electron chi connectivity index (χ2n) is 9.26. The Labute approximate surface area is 203 Å². The second-order valence-corrected chi connectivity index (χ2v) is 10.2. The SMILES string of the molecule is CC(C)c1csc(CCc2ccn3c(=O)c(C=CC(=O)O)c(N4CC[C@H](N(C)C)C4)nc3c2)n1. The maximum absolute atomic E-state index is 13.3. The number of nitrogens with zero attached hydrogens (tertiary/aromatic N) is 5. The smallest absolute Gasteiger partial charge is 0.328 e. The Bertz CT molecular complexity index is 1280. The predicted molar refractivity (Wildman–Crippen MR) is 136 cm³/mol. The first-order valence-corrected chi connectivity index (χ1v) is 12.4. The van der Waals surface area contributed by atoms with E-state index in [9.17, 15) is 9.59 Å². The van der Waals surface area contributed by atoms with E-state index in [1.54, 1.807) is 17.5 Å². The molecule has 0 bridgehead atoms. The zero-order valence-corrected chi connectivity index (χ0v) is 20.9. The van der Waals surface area contributed by atoms with Gasteiger partial charge in [-0.25, -0.2) is 14.8 Å². The quantitative estimate of drug-likeness (QED) is 0.494. The standard InChI is InChI=1S/C25H31N5O3S/c1-16(2)20-15-34-22(26-20)7-5-17-9-12-30-21(13-17)27-24(19(25(30)33)6-8-23(31)32)29-11-10-18(14-29)28(3)4/h6,8-9,12-13,15-16,18H,5,7,10-11,14H2,1-4H3,(H,31,32)/t18-/m0/s1. The highest BCUT2D eigenvalue weighted by Gasteiger charge is 2.27. The van der Waals surface area contributed by atoms with Crippen molar-refractivity contribution in [3.63, 3.8) is 0 Å². The lowest BCUT2D eigenvalue weighted by atomic mass is 10.1. The molecule has 0 unspecified atom stereocenters. The fourth-order valence-electron chi connectivity index (χ4n) is 4.19. The molecule has 0 amide bonds. The molecule has 1 N–H and O–H groups in total. The van der Waals surface area contributed by atoms with Crippen LogP contribution in [-0.4, -0.2) is 63.6 Å². The van der Waals surface area contributed by atoms with Gasteiger partial charge >= 0.3 is 5.97 Å². The molecule has 1 atom stereocenters. The Morgan fingerprint density at radius 2 is 2.12 bits per heavy atom. The van der Waals surface area contributed by atoms with E-state index >= 15 is 0 Å². The summed E-state index contributed by atoms with van der Waals surface area (Å²) in [5.41, 5.74) is 2.82. The lowest BCUT2D eigenvalue weighted by Crippen LogP contribution is -2.33. The van der Waals surface area contributed by atoms with Gasteiger partial charge in [0.15, 0.2) is 0 Å². The van der Waals surface area contributed by atoms with Gasteiger partial charge in [0, 0.05) is 43.2 Å². The third-order valence-corrected chi connectivity index (χ3v) is 7.21. The van der Waals surface area contributed by atoms with Crippen LogP contribution in [0.1, 0.15) is 48.0 Å². The van der Waals surface area contributed by atoms with Crippen LogP contribution in [0, 0.1) is 0 Å². The van der Waals surface area contributed by atoms with Crippen molar-refractivity contribution in [1.82, 2.24) is 19.3 Å². The summed E-state index contributed by atoms with van der Waals surface area (Å²) in [6.07, 6.45) is 6.70. The van der Waals surface area contributed by atoms with E-state index in [2.05, 4.69) is 29.0 Å². The largest absolute Gasteiger partial charge is 0.478 e. The number of thiazole rings is 1. The van der Waals surface area contributed by atoms with E-state index < -0.39 is 5.97 Å². The summed E-state index contributed by atoms with van der Waals surface area (Å²) in [7, 11) is 4.09. The first-order valence-electron chi connectivity index (χ1n) is 11.5. The van der Waals surface area contributed by atoms with Crippen molar-refractivity contribution in [2.24, 2.45) is 0 Å². The van der Waals surface area contributed by atoms with Gasteiger partial charge < -0.3 is 14.9 Å². The molecule has 180 valence electrons. The van der Waals surface area contributed by atoms with E-state index in [0.717, 1.165) is 54.7 Å². The normalized spacial score (nSPS) is 16.5. The maximum atomic E-state index is 13.3. The molecular weight excluding hydrogens is 450 g/mol. The number of hydrogen-bond acceptors (Lipinski definition) is 7. The number of rotatable bonds is 8. The lowest BCUT2D eigenvalue weighted by molar-refractivity contribution is -0.131. The van der Waals surface area contributed by atoms with Crippen LogP contribution in [0.25, 0.3) is 11.7 Å². The van der Waals surface area contributed by atoms with Gasteiger partial charge in [-0.3, -0.25) is 9.20 Å². The number of carbonyl (C=O) groups is 1. The highest BCUT2D eigenvalue weighted by atomic mass is 32.1. The van der Waals surface area contributed by atoms with Gasteiger partial charge in [-0.1, -0.05) is 13.8 Å². The number of aryl methyl sites for hydroxylation is 2. The van der Waals surface area contributed by atoms with Gasteiger partial charge in [-0.2, -0.15) is 0 Å². The molecule has 1 aliphatic heterocycles. The summed E-state index contributed by atoms with van der Waals surface area (Å²) in [5.74, 6) is -0.131. The molecule has 1 fully saturated rings. The molecule has 8 nitrogen and oxygen atoms in total. The van der Waals surface area contributed by atoms with Gasteiger partial charge in [0.25, 0.3) is 5.56 Å². The van der Waals surface area contributed by atoms with E-state index in [0.29, 0.717) is 29.0 Å². The Morgan fingerprint density at radius 3 is 2.76 bits per heavy atom. The molecule has 1 aliphatic rings. The van der Waals surface area contributed by atoms with Crippen molar-refractivity contribution >= 4 is 34.8 Å². The zero-order chi connectivity index (χ0) is 24.4. The molecule has 0 spiro atoms. The van der Waals surface area contributed by atoms with Gasteiger partial charge in [-0.05, 0) is 56.6 Å². The number of aromatic nitrogens is 3. The van der Waals surface area contributed by atoms with Gasteiger partial charge in [0.05, 0.1) is 16.3 Å². The summed E-state index contributed by atoms with van der Waals surface area (Å²) >= 11 is 1.69. The van der Waals surface area contributed by atoms with Crippen LogP contribution in [0.15, 0.2) is 34.6 Å². The molecule has 0 saturated carbocycles. The average Bonchev–Trinajstić information content (AvgIpc) is 3.47. The Hall–Kier alpha value is -3.04. The van der Waals surface area contributed by atoms with E-state index in [4.69, 9.17) is 15.1 Å². The first-order chi connectivity index (χ1) is 16.2. The minimum atomic E-state index is -1.10. The van der Waals surface area contributed by atoms with Gasteiger partial charge in [0.1, 0.15) is 11.5 Å². The fraction of sp³-hybridized carbons (Fsp3) is 0.440. The number of anilines is 1. The summed E-state index contributed by atoms with van der Waals surface area (Å²) in [4.78, 5) is 38.3. The van der Waals surface area contributed by atoms with Crippen molar-refractivity contribution in [3.8, 4) is 0 Å². The lowest BCUT2D eigenvalue weighted by Gasteiger charge is -2.22. The summed E-state index contributed by atoms with van der Waals surface area (Å²) in [5, 5.41) is 12.4. The number of pyridine rings is 1. The van der Waals surface area contributed by atoms with Crippen molar-refractivity contribution in [2.75, 3.05) is 32.1 Å². The molecule has 3 aromatic rings. The van der Waals surface area contributed by atoms with Crippen molar-refractivity contribution in [3.05, 3.63) is 62.0 Å². The second kappa shape index (κ2) is 10.1. The van der Waals surface area contributed by atoms with Crippen LogP contribution in [-0.2, 0) is 17.6 Å². The average molecular weight is 482 g/mol. The van der Waals surface area contributed by atoms with E-state index in [-0.39, 0.29) is 5.56 Å².